The molecule has 0 aliphatic rings. The summed E-state index contributed by atoms with van der Waals surface area (Å²) in [5, 5.41) is 10.1. The smallest absolute Gasteiger partial charge is 0.303 e. The Bertz CT molecular complexity index is 610. The van der Waals surface area contributed by atoms with Gasteiger partial charge in [0, 0.05) is 23.1 Å². The van der Waals surface area contributed by atoms with Crippen LogP contribution in [0.25, 0.3) is 10.9 Å². The van der Waals surface area contributed by atoms with Crippen LogP contribution in [0.4, 0.5) is 0 Å². The molecule has 2 aromatic rings. The summed E-state index contributed by atoms with van der Waals surface area (Å²) in [5.41, 5.74) is 3.55. The summed E-state index contributed by atoms with van der Waals surface area (Å²) in [6.45, 7) is 8.35. The van der Waals surface area contributed by atoms with E-state index in [9.17, 15) is 4.79 Å². The first kappa shape index (κ1) is 13.7. The Labute approximate surface area is 113 Å². The molecule has 102 valence electrons. The molecule has 1 heterocycles. The Morgan fingerprint density at radius 2 is 2.00 bits per heavy atom. The fourth-order valence-corrected chi connectivity index (χ4v) is 2.58. The SMILES string of the molecule is Cc1ccc2c(C(C)CC(=O)O)cn(C(C)C)c2c1. The lowest BCUT2D eigenvalue weighted by molar-refractivity contribution is -0.137. The monoisotopic (exact) mass is 259 g/mol. The summed E-state index contributed by atoms with van der Waals surface area (Å²) in [5.74, 6) is -0.715. The number of hydrogen-bond donors (Lipinski definition) is 1. The molecule has 0 spiro atoms. The van der Waals surface area contributed by atoms with Crippen molar-refractivity contribution in [3.8, 4) is 0 Å². The largest absolute Gasteiger partial charge is 0.481 e. The van der Waals surface area contributed by atoms with Gasteiger partial charge < -0.3 is 9.67 Å². The second-order valence-electron chi connectivity index (χ2n) is 5.60. The number of aliphatic carboxylic acids is 1. The molecule has 0 amide bonds. The Morgan fingerprint density at radius 3 is 2.58 bits per heavy atom. The molecule has 3 heteroatoms. The van der Waals surface area contributed by atoms with E-state index in [1.165, 1.54) is 16.5 Å². The molecule has 0 aliphatic heterocycles. The number of benzene rings is 1. The van der Waals surface area contributed by atoms with Gasteiger partial charge in [0.05, 0.1) is 6.42 Å². The lowest BCUT2D eigenvalue weighted by Crippen LogP contribution is -2.02. The Kier molecular flexibility index (Phi) is 3.65. The number of carboxylic acid groups (broad SMARTS) is 1. The van der Waals surface area contributed by atoms with Crippen molar-refractivity contribution < 1.29 is 9.90 Å². The van der Waals surface area contributed by atoms with Gasteiger partial charge in [-0.05, 0) is 43.9 Å². The van der Waals surface area contributed by atoms with Crippen LogP contribution >= 0.6 is 0 Å². The molecule has 2 rings (SSSR count). The van der Waals surface area contributed by atoms with Gasteiger partial charge in [0.25, 0.3) is 0 Å². The van der Waals surface area contributed by atoms with Gasteiger partial charge in [-0.25, -0.2) is 0 Å². The van der Waals surface area contributed by atoms with E-state index in [0.29, 0.717) is 6.04 Å². The number of rotatable bonds is 4. The molecule has 1 unspecified atom stereocenters. The van der Waals surface area contributed by atoms with Gasteiger partial charge in [-0.3, -0.25) is 4.79 Å². The van der Waals surface area contributed by atoms with Crippen molar-refractivity contribution in [1.29, 1.82) is 0 Å². The van der Waals surface area contributed by atoms with E-state index in [1.807, 2.05) is 6.92 Å². The van der Waals surface area contributed by atoms with E-state index in [0.717, 1.165) is 5.56 Å². The molecule has 0 saturated heterocycles. The normalized spacial score (nSPS) is 13.1. The minimum Gasteiger partial charge on any atom is -0.481 e. The van der Waals surface area contributed by atoms with Gasteiger partial charge in [-0.2, -0.15) is 0 Å². The second kappa shape index (κ2) is 5.08. The van der Waals surface area contributed by atoms with Gasteiger partial charge in [0.1, 0.15) is 0 Å². The molecule has 3 nitrogen and oxygen atoms in total. The van der Waals surface area contributed by atoms with Gasteiger partial charge in [0.2, 0.25) is 0 Å². The molecule has 0 bridgehead atoms. The van der Waals surface area contributed by atoms with E-state index >= 15 is 0 Å². The molecule has 1 aromatic carbocycles. The molecule has 0 fully saturated rings. The standard InChI is InChI=1S/C16H21NO2/c1-10(2)17-9-14(12(4)8-16(18)19)13-6-5-11(3)7-15(13)17/h5-7,9-10,12H,8H2,1-4H3,(H,18,19). The van der Waals surface area contributed by atoms with Crippen molar-refractivity contribution in [2.45, 2.75) is 46.1 Å². The van der Waals surface area contributed by atoms with Crippen molar-refractivity contribution in [3.63, 3.8) is 0 Å². The van der Waals surface area contributed by atoms with Crippen LogP contribution in [-0.4, -0.2) is 15.6 Å². The Hall–Kier alpha value is -1.77. The summed E-state index contributed by atoms with van der Waals surface area (Å²) in [6.07, 6.45) is 2.29. The van der Waals surface area contributed by atoms with Crippen LogP contribution in [0, 0.1) is 6.92 Å². The van der Waals surface area contributed by atoms with Crippen LogP contribution in [0.2, 0.25) is 0 Å². The highest BCUT2D eigenvalue weighted by Crippen LogP contribution is 2.32. The van der Waals surface area contributed by atoms with Crippen molar-refractivity contribution in [2.24, 2.45) is 0 Å². The minimum atomic E-state index is -0.745. The lowest BCUT2D eigenvalue weighted by Gasteiger charge is -2.09. The van der Waals surface area contributed by atoms with Crippen LogP contribution < -0.4 is 0 Å². The number of aromatic nitrogens is 1. The molecule has 0 saturated carbocycles. The first-order valence-electron chi connectivity index (χ1n) is 6.73. The summed E-state index contributed by atoms with van der Waals surface area (Å²) < 4.78 is 2.23. The molecule has 1 atom stereocenters. The van der Waals surface area contributed by atoms with Crippen molar-refractivity contribution in [3.05, 3.63) is 35.5 Å². The Morgan fingerprint density at radius 1 is 1.32 bits per heavy atom. The quantitative estimate of drug-likeness (QED) is 0.897. The highest BCUT2D eigenvalue weighted by atomic mass is 16.4. The zero-order chi connectivity index (χ0) is 14.2. The molecular formula is C16H21NO2. The van der Waals surface area contributed by atoms with Crippen LogP contribution in [0.1, 0.15) is 50.3 Å². The average molecular weight is 259 g/mol. The van der Waals surface area contributed by atoms with Crippen LogP contribution in [0.15, 0.2) is 24.4 Å². The third-order valence-electron chi connectivity index (χ3n) is 3.59. The molecule has 1 aromatic heterocycles. The van der Waals surface area contributed by atoms with Gasteiger partial charge in [-0.1, -0.05) is 19.1 Å². The first-order valence-corrected chi connectivity index (χ1v) is 6.73. The van der Waals surface area contributed by atoms with Crippen molar-refractivity contribution in [1.82, 2.24) is 4.57 Å². The van der Waals surface area contributed by atoms with E-state index in [-0.39, 0.29) is 12.3 Å². The predicted octanol–water partition coefficient (Wildman–Crippen LogP) is 4.11. The summed E-state index contributed by atoms with van der Waals surface area (Å²) >= 11 is 0. The number of fused-ring (bicyclic) bond motifs is 1. The highest BCUT2D eigenvalue weighted by Gasteiger charge is 2.17. The first-order chi connectivity index (χ1) is 8.90. The lowest BCUT2D eigenvalue weighted by atomic mass is 9.97. The Balaban J connectivity index is 2.59. The fraction of sp³-hybridized carbons (Fsp3) is 0.438. The van der Waals surface area contributed by atoms with E-state index in [2.05, 4.69) is 49.7 Å². The van der Waals surface area contributed by atoms with Gasteiger partial charge in [0.15, 0.2) is 0 Å². The molecule has 0 radical (unpaired) electrons. The maximum Gasteiger partial charge on any atom is 0.303 e. The van der Waals surface area contributed by atoms with Crippen LogP contribution in [-0.2, 0) is 4.79 Å². The number of nitrogens with zero attached hydrogens (tertiary/aromatic N) is 1. The summed E-state index contributed by atoms with van der Waals surface area (Å²) in [6, 6.07) is 6.74. The fourth-order valence-electron chi connectivity index (χ4n) is 2.58. The van der Waals surface area contributed by atoms with Gasteiger partial charge in [-0.15, -0.1) is 0 Å². The van der Waals surface area contributed by atoms with E-state index in [4.69, 9.17) is 5.11 Å². The molecule has 19 heavy (non-hydrogen) atoms. The third kappa shape index (κ3) is 2.65. The molecule has 0 aliphatic carbocycles. The summed E-state index contributed by atoms with van der Waals surface area (Å²) in [7, 11) is 0. The summed E-state index contributed by atoms with van der Waals surface area (Å²) in [4.78, 5) is 10.9. The average Bonchev–Trinajstić information content (AvgIpc) is 2.66. The van der Waals surface area contributed by atoms with Crippen LogP contribution in [0.5, 0.6) is 0 Å². The molecular weight excluding hydrogens is 238 g/mol. The van der Waals surface area contributed by atoms with Crippen molar-refractivity contribution in [2.75, 3.05) is 0 Å². The zero-order valence-electron chi connectivity index (χ0n) is 12.0. The van der Waals surface area contributed by atoms with E-state index in [1.54, 1.807) is 0 Å². The topological polar surface area (TPSA) is 42.2 Å². The number of hydrogen-bond acceptors (Lipinski definition) is 1. The molecule has 1 N–H and O–H groups in total. The van der Waals surface area contributed by atoms with Gasteiger partial charge >= 0.3 is 5.97 Å². The highest BCUT2D eigenvalue weighted by molar-refractivity contribution is 5.86. The number of aryl methyl sites for hydroxylation is 1. The maximum atomic E-state index is 10.9. The number of carboxylic acids is 1. The predicted molar refractivity (Wildman–Crippen MR) is 77.7 cm³/mol. The maximum absolute atomic E-state index is 10.9. The second-order valence-corrected chi connectivity index (χ2v) is 5.60. The minimum absolute atomic E-state index is 0.0303. The number of carbonyl (C=O) groups is 1. The zero-order valence-corrected chi connectivity index (χ0v) is 12.0. The van der Waals surface area contributed by atoms with Crippen molar-refractivity contribution >= 4 is 16.9 Å². The third-order valence-corrected chi connectivity index (χ3v) is 3.59. The van der Waals surface area contributed by atoms with E-state index < -0.39 is 5.97 Å². The van der Waals surface area contributed by atoms with Crippen LogP contribution in [0.3, 0.4) is 0 Å².